The highest BCUT2D eigenvalue weighted by Gasteiger charge is 2.48. The molecule has 0 spiro atoms. The zero-order valence-electron chi connectivity index (χ0n) is 24.0. The number of amides is 1. The van der Waals surface area contributed by atoms with Crippen molar-refractivity contribution in [2.24, 2.45) is 0 Å². The zero-order valence-corrected chi connectivity index (χ0v) is 24.8. The first-order valence-electron chi connectivity index (χ1n) is 14.2. The molecule has 1 saturated heterocycles. The molecule has 4 aromatic rings. The molecule has 5 rings (SSSR count). The van der Waals surface area contributed by atoms with Gasteiger partial charge in [-0.25, -0.2) is 4.98 Å². The number of hydrogen-bond acceptors (Lipinski definition) is 8. The van der Waals surface area contributed by atoms with Gasteiger partial charge in [0, 0.05) is 5.56 Å². The summed E-state index contributed by atoms with van der Waals surface area (Å²) >= 11 is 1.28. The molecule has 0 aliphatic carbocycles. The number of fused-ring (bicyclic) bond motifs is 1. The molecule has 218 valence electrons. The Morgan fingerprint density at radius 2 is 1.67 bits per heavy atom. The molecule has 1 amide bonds. The molecule has 1 fully saturated rings. The Kier molecular flexibility index (Phi) is 9.07. The maximum atomic E-state index is 13.7. The number of carbonyl (C=O) groups is 2. The van der Waals surface area contributed by atoms with E-state index in [4.69, 9.17) is 19.2 Å². The van der Waals surface area contributed by atoms with Gasteiger partial charge >= 0.3 is 5.91 Å². The number of ether oxygens (including phenoxy) is 3. The van der Waals surface area contributed by atoms with E-state index in [1.165, 1.54) is 16.2 Å². The fourth-order valence-corrected chi connectivity index (χ4v) is 5.89. The summed E-state index contributed by atoms with van der Waals surface area (Å²) in [5, 5.41) is 11.9. The van der Waals surface area contributed by atoms with Crippen molar-refractivity contribution in [3.63, 3.8) is 0 Å². The average molecular weight is 587 g/mol. The maximum absolute atomic E-state index is 13.7. The summed E-state index contributed by atoms with van der Waals surface area (Å²) in [5.41, 5.74) is 1.70. The topological polar surface area (TPSA) is 98.2 Å². The Hall–Kier alpha value is -4.37. The number of hydrogen-bond donors (Lipinski definition) is 1. The van der Waals surface area contributed by atoms with Crippen molar-refractivity contribution in [3.8, 4) is 17.2 Å². The van der Waals surface area contributed by atoms with Crippen LogP contribution in [0.4, 0.5) is 5.13 Å². The van der Waals surface area contributed by atoms with Gasteiger partial charge in [-0.15, -0.1) is 0 Å². The predicted octanol–water partition coefficient (Wildman–Crippen LogP) is 7.29. The number of ketones is 1. The summed E-state index contributed by atoms with van der Waals surface area (Å²) < 4.78 is 17.8. The van der Waals surface area contributed by atoms with E-state index in [1.54, 1.807) is 37.4 Å². The fourth-order valence-electron chi connectivity index (χ4n) is 4.87. The van der Waals surface area contributed by atoms with Crippen molar-refractivity contribution in [2.75, 3.05) is 25.2 Å². The van der Waals surface area contributed by atoms with Crippen molar-refractivity contribution < 1.29 is 28.9 Å². The summed E-state index contributed by atoms with van der Waals surface area (Å²) in [6.07, 6.45) is 3.93. The van der Waals surface area contributed by atoms with E-state index >= 15 is 0 Å². The lowest BCUT2D eigenvalue weighted by Gasteiger charge is -2.23. The van der Waals surface area contributed by atoms with Gasteiger partial charge in [0.05, 0.1) is 42.2 Å². The van der Waals surface area contributed by atoms with Gasteiger partial charge in [0.1, 0.15) is 23.0 Å². The molecule has 0 saturated carbocycles. The first-order valence-corrected chi connectivity index (χ1v) is 15.0. The molecule has 9 heteroatoms. The number of rotatable bonds is 12. The quantitative estimate of drug-likeness (QED) is 0.0806. The second-order valence-corrected chi connectivity index (χ2v) is 11.0. The molecule has 8 nitrogen and oxygen atoms in total. The van der Waals surface area contributed by atoms with Crippen molar-refractivity contribution in [2.45, 2.75) is 45.6 Å². The number of aromatic nitrogens is 1. The average Bonchev–Trinajstić information content (AvgIpc) is 3.55. The van der Waals surface area contributed by atoms with E-state index in [-0.39, 0.29) is 11.3 Å². The van der Waals surface area contributed by atoms with Gasteiger partial charge in [-0.05, 0) is 73.0 Å². The van der Waals surface area contributed by atoms with Gasteiger partial charge < -0.3 is 19.3 Å². The van der Waals surface area contributed by atoms with Gasteiger partial charge in [0.2, 0.25) is 0 Å². The minimum absolute atomic E-state index is 0.0119. The molecule has 3 aromatic carbocycles. The molecule has 1 aliphatic rings. The van der Waals surface area contributed by atoms with E-state index in [9.17, 15) is 14.7 Å². The van der Waals surface area contributed by atoms with Crippen molar-refractivity contribution in [1.29, 1.82) is 0 Å². The first kappa shape index (κ1) is 29.1. The number of aliphatic hydroxyl groups is 1. The lowest BCUT2D eigenvalue weighted by atomic mass is 9.95. The monoisotopic (exact) mass is 586 g/mol. The lowest BCUT2D eigenvalue weighted by Crippen LogP contribution is -2.29. The third-order valence-electron chi connectivity index (χ3n) is 7.03. The van der Waals surface area contributed by atoms with Crippen LogP contribution in [0.2, 0.25) is 0 Å². The van der Waals surface area contributed by atoms with Crippen LogP contribution in [-0.4, -0.2) is 42.1 Å². The summed E-state index contributed by atoms with van der Waals surface area (Å²) in [7, 11) is 1.58. The summed E-state index contributed by atoms with van der Waals surface area (Å²) in [4.78, 5) is 33.4. The van der Waals surface area contributed by atoms with Crippen LogP contribution in [0.1, 0.15) is 56.7 Å². The lowest BCUT2D eigenvalue weighted by molar-refractivity contribution is -0.132. The molecule has 1 unspecified atom stereocenters. The number of methoxy groups -OCH3 is 1. The summed E-state index contributed by atoms with van der Waals surface area (Å²) in [6.45, 7) is 5.28. The van der Waals surface area contributed by atoms with E-state index in [0.29, 0.717) is 52.2 Å². The SMILES string of the molecule is CCCCCOc1cccc(C2C(=C(O)c3ccc(OCCC)cc3)C(=O)C(=O)N2c2nc3ccc(OC)cc3s2)c1. The number of carbonyl (C=O) groups excluding carboxylic acids is 2. The van der Waals surface area contributed by atoms with Crippen molar-refractivity contribution in [3.05, 3.63) is 83.4 Å². The van der Waals surface area contributed by atoms with Crippen LogP contribution in [0.15, 0.2) is 72.3 Å². The number of thiazole rings is 1. The molecule has 0 radical (unpaired) electrons. The van der Waals surface area contributed by atoms with Crippen molar-refractivity contribution >= 4 is 44.1 Å². The number of Topliss-reactive ketones (excluding diaryl/α,β-unsaturated/α-hetero) is 1. The minimum atomic E-state index is -0.914. The Balaban J connectivity index is 1.60. The zero-order chi connectivity index (χ0) is 29.6. The molecule has 1 atom stereocenters. The normalized spacial score (nSPS) is 16.3. The molecule has 1 aromatic heterocycles. The second kappa shape index (κ2) is 13.1. The summed E-state index contributed by atoms with van der Waals surface area (Å²) in [5.74, 6) is 0.138. The van der Waals surface area contributed by atoms with Crippen LogP contribution in [0.3, 0.4) is 0 Å². The molecule has 0 bridgehead atoms. The Morgan fingerprint density at radius 3 is 2.40 bits per heavy atom. The van der Waals surface area contributed by atoms with Gasteiger partial charge in [0.15, 0.2) is 5.13 Å². The van der Waals surface area contributed by atoms with Crippen LogP contribution in [0.5, 0.6) is 17.2 Å². The Labute approximate surface area is 249 Å². The van der Waals surface area contributed by atoms with Crippen LogP contribution >= 0.6 is 11.3 Å². The third kappa shape index (κ3) is 5.97. The molecule has 1 N–H and O–H groups in total. The third-order valence-corrected chi connectivity index (χ3v) is 8.04. The Bertz CT molecular complexity index is 1610. The molecule has 1 aliphatic heterocycles. The molecular formula is C33H34N2O6S. The second-order valence-electron chi connectivity index (χ2n) is 10.0. The van der Waals surface area contributed by atoms with Crippen LogP contribution in [-0.2, 0) is 9.59 Å². The number of nitrogens with zero attached hydrogens (tertiary/aromatic N) is 2. The van der Waals surface area contributed by atoms with Gasteiger partial charge in [-0.2, -0.15) is 0 Å². The largest absolute Gasteiger partial charge is 0.507 e. The highest BCUT2D eigenvalue weighted by atomic mass is 32.1. The number of unbranched alkanes of at least 4 members (excludes halogenated alkanes) is 2. The van der Waals surface area contributed by atoms with Crippen molar-refractivity contribution in [1.82, 2.24) is 4.98 Å². The number of anilines is 1. The standard InChI is InChI=1S/C33H34N2O6S/c1-4-6-7-18-41-25-10-8-9-22(19-25)29-28(30(36)21-11-13-23(14-12-21)40-17-5-2)31(37)32(38)35(29)33-34-26-16-15-24(39-3)20-27(26)42-33/h8-16,19-20,29,36H,4-7,17-18H2,1-3H3. The predicted molar refractivity (Wildman–Crippen MR) is 165 cm³/mol. The van der Waals surface area contributed by atoms with Crippen LogP contribution < -0.4 is 19.1 Å². The maximum Gasteiger partial charge on any atom is 0.301 e. The van der Waals surface area contributed by atoms with Gasteiger partial charge in [-0.1, -0.05) is 50.2 Å². The van der Waals surface area contributed by atoms with E-state index in [2.05, 4.69) is 6.92 Å². The molecule has 42 heavy (non-hydrogen) atoms. The van der Waals surface area contributed by atoms with Gasteiger partial charge in [0.25, 0.3) is 5.78 Å². The van der Waals surface area contributed by atoms with Crippen LogP contribution in [0, 0.1) is 0 Å². The highest BCUT2D eigenvalue weighted by Crippen LogP contribution is 2.45. The number of benzene rings is 3. The Morgan fingerprint density at radius 1 is 0.905 bits per heavy atom. The fraction of sp³-hybridized carbons (Fsp3) is 0.303. The summed E-state index contributed by atoms with van der Waals surface area (Å²) in [6, 6.07) is 18.7. The van der Waals surface area contributed by atoms with Gasteiger partial charge in [-0.3, -0.25) is 14.5 Å². The van der Waals surface area contributed by atoms with E-state index in [1.807, 2.05) is 43.3 Å². The first-order chi connectivity index (χ1) is 20.4. The molecular weight excluding hydrogens is 552 g/mol. The highest BCUT2D eigenvalue weighted by molar-refractivity contribution is 7.22. The minimum Gasteiger partial charge on any atom is -0.507 e. The van der Waals surface area contributed by atoms with E-state index in [0.717, 1.165) is 30.4 Å². The molecule has 2 heterocycles. The smallest absolute Gasteiger partial charge is 0.301 e. The van der Waals surface area contributed by atoms with Crippen LogP contribution in [0.25, 0.3) is 16.0 Å². The number of aliphatic hydroxyl groups excluding tert-OH is 1. The van der Waals surface area contributed by atoms with E-state index < -0.39 is 17.7 Å².